The van der Waals surface area contributed by atoms with Crippen LogP contribution in [0.1, 0.15) is 118 Å². The number of ether oxygens (including phenoxy) is 5. The molecule has 10 rings (SSSR count). The van der Waals surface area contributed by atoms with E-state index >= 15 is 0 Å². The van der Waals surface area contributed by atoms with E-state index in [-0.39, 0.29) is 77.1 Å². The number of para-hydroxylation sites is 1. The van der Waals surface area contributed by atoms with E-state index in [0.29, 0.717) is 79.4 Å². The molecule has 5 N–H and O–H groups in total. The lowest BCUT2D eigenvalue weighted by Gasteiger charge is -2.19. The maximum absolute atomic E-state index is 13.5. The Labute approximate surface area is 595 Å². The number of rotatable bonds is 20. The molecule has 0 saturated heterocycles. The van der Waals surface area contributed by atoms with Crippen molar-refractivity contribution in [3.63, 3.8) is 0 Å². The van der Waals surface area contributed by atoms with Gasteiger partial charge < -0.3 is 38.9 Å². The number of aryl methyl sites for hydroxylation is 4. The Kier molecular flexibility index (Phi) is 26.0. The highest BCUT2D eigenvalue weighted by molar-refractivity contribution is 8.03. The second kappa shape index (κ2) is 33.4. The van der Waals surface area contributed by atoms with Crippen molar-refractivity contribution in [1.82, 2.24) is 47.6 Å². The number of H-pyrrole nitrogens is 1. The fraction of sp³-hybridized carbons (Fsp3) is 0.394. The molecule has 2 aliphatic heterocycles. The van der Waals surface area contributed by atoms with Gasteiger partial charge >= 0.3 is 22.2 Å². The summed E-state index contributed by atoms with van der Waals surface area (Å²) in [6.07, 6.45) is 7.08. The number of nitrogens with zero attached hydrogens (tertiary/aromatic N) is 7. The number of oxime groups is 1. The van der Waals surface area contributed by atoms with Gasteiger partial charge in [-0.3, -0.25) is 38.8 Å². The van der Waals surface area contributed by atoms with Crippen LogP contribution in [0, 0.1) is 19.3 Å². The van der Waals surface area contributed by atoms with E-state index in [1.165, 1.54) is 98.1 Å². The van der Waals surface area contributed by atoms with Crippen LogP contribution in [0.25, 0.3) is 11.1 Å². The van der Waals surface area contributed by atoms with E-state index in [9.17, 15) is 67.2 Å². The Bertz CT molecular complexity index is 4970. The zero-order valence-electron chi connectivity index (χ0n) is 59.1. The first-order valence-corrected chi connectivity index (χ1v) is 38.4. The number of nitrogens with one attached hydrogen (secondary N) is 5. The first kappa shape index (κ1) is 80.2. The Hall–Kier alpha value is -10.1. The number of hydrogen-bond acceptors (Lipinski definition) is 24. The van der Waals surface area contributed by atoms with Gasteiger partial charge in [0.1, 0.15) is 23.5 Å². The number of sulfone groups is 1. The first-order valence-electron chi connectivity index (χ1n) is 31.7. The van der Waals surface area contributed by atoms with Crippen LogP contribution in [0.15, 0.2) is 110 Å². The number of ketones is 1. The van der Waals surface area contributed by atoms with Crippen molar-refractivity contribution in [1.29, 1.82) is 0 Å². The van der Waals surface area contributed by atoms with Crippen molar-refractivity contribution >= 4 is 81.4 Å². The lowest BCUT2D eigenvalue weighted by Crippen LogP contribution is -2.45. The number of methoxy groups -OCH3 is 3. The number of anilines is 1. The smallest absolute Gasteiger partial charge is 0.336 e. The molecule has 7 aromatic rings. The quantitative estimate of drug-likeness (QED) is 0.0496. The fourth-order valence-corrected chi connectivity index (χ4v) is 14.0. The SMILES string of the molecule is CCc1cc(C)cc(CC)c1-c1c(OC(=O)C(C)(C)C)n2n(c1=O)CCOCC2.COc1cc(OC)nc(NC(=O)NS(=O)(=O)N(C)S(C)(=O)=O)n1.COc1ccccc1C(=O)NS(=O)(=O)c1ccc(C(=O)NC2CC2)cc1.Cc1c(C(=O)c2c[nH]n(C)c2=O)ccc(S(C)(=O)=O)c1C1=NOCC1. The summed E-state index contributed by atoms with van der Waals surface area (Å²) in [6, 6.07) is 19.1. The summed E-state index contributed by atoms with van der Waals surface area (Å²) in [7, 11) is -9.96. The lowest BCUT2D eigenvalue weighted by atomic mass is 9.91. The van der Waals surface area contributed by atoms with Gasteiger partial charge in [0.2, 0.25) is 33.6 Å². The second-order valence-corrected chi connectivity index (χ2v) is 32.0. The molecular weight excluding hydrogens is 1430 g/mol. The van der Waals surface area contributed by atoms with E-state index in [4.69, 9.17) is 28.5 Å². The number of amides is 4. The Morgan fingerprint density at radius 3 is 1.83 bits per heavy atom. The molecule has 33 nitrogen and oxygen atoms in total. The Morgan fingerprint density at radius 1 is 0.709 bits per heavy atom. The average molecular weight is 1510 g/mol. The number of carbonyl (C=O) groups is 5. The number of esters is 1. The van der Waals surface area contributed by atoms with Gasteiger partial charge in [0.15, 0.2) is 15.6 Å². The standard InChI is InChI=1S/C23H32N2O4.C18H18N2O5S.C16H17N3O5S.C9H15N5O7S2/c1-7-16-13-15(3)14-17(8-2)18(16)19-20(26)24-9-11-28-12-10-25(24)21(19)29-22(27)23(4,5)6;1-25-16-5-3-2-4-15(16)18(22)20-26(23,24)14-10-6-12(7-11-14)17(21)19-13-8-9-13;1-9-10(15(20)11-8-17-19(2)16(11)21)4-5-13(25(3,22)23)14(9)12-6-7-24-18-12;1-14(22(4,16)17)23(18,19)13-9(15)12-8-10-6(20-2)5-7(11-8)21-3/h13-14H,7-12H2,1-6H3;2-7,10-11,13H,8-9H2,1H3,(H,19,21)(H,20,22);4-5,8,17H,6-7H2,1-3H3;5H,1-4H3,(H2,10,11,12,13,15). The number of urea groups is 1. The minimum absolute atomic E-state index is 0.00623. The third kappa shape index (κ3) is 20.0. The van der Waals surface area contributed by atoms with Crippen LogP contribution in [0.5, 0.6) is 23.4 Å². The largest absolute Gasteiger partial charge is 0.496 e. The van der Waals surface area contributed by atoms with E-state index in [1.54, 1.807) is 34.5 Å². The molecule has 0 bridgehead atoms. The van der Waals surface area contributed by atoms with Crippen LogP contribution in [0.3, 0.4) is 0 Å². The number of hydrogen-bond donors (Lipinski definition) is 5. The highest BCUT2D eigenvalue weighted by atomic mass is 32.3. The Balaban J connectivity index is 0.000000193. The molecule has 1 saturated carbocycles. The molecular formula is C66H82N12O21S4. The Morgan fingerprint density at radius 2 is 1.31 bits per heavy atom. The number of benzene rings is 4. The molecule has 0 atom stereocenters. The van der Waals surface area contributed by atoms with Crippen molar-refractivity contribution in [2.75, 3.05) is 66.0 Å². The van der Waals surface area contributed by atoms with E-state index < -0.39 is 68.8 Å². The van der Waals surface area contributed by atoms with E-state index in [2.05, 4.69) is 58.4 Å². The highest BCUT2D eigenvalue weighted by Crippen LogP contribution is 2.37. The number of fused-ring (bicyclic) bond motifs is 1. The minimum Gasteiger partial charge on any atom is -0.496 e. The van der Waals surface area contributed by atoms with Gasteiger partial charge in [-0.2, -0.15) is 18.4 Å². The highest BCUT2D eigenvalue weighted by Gasteiger charge is 2.34. The van der Waals surface area contributed by atoms with Crippen LogP contribution in [-0.4, -0.2) is 169 Å². The lowest BCUT2D eigenvalue weighted by molar-refractivity contribution is -0.143. The van der Waals surface area contributed by atoms with Gasteiger partial charge in [0, 0.05) is 55.7 Å². The maximum atomic E-state index is 13.5. The molecule has 3 aliphatic rings. The van der Waals surface area contributed by atoms with Gasteiger partial charge in [-0.05, 0) is 131 Å². The molecule has 37 heteroatoms. The molecule has 103 heavy (non-hydrogen) atoms. The summed E-state index contributed by atoms with van der Waals surface area (Å²) in [5, 5.41) is 11.4. The molecule has 1 aliphatic carbocycles. The zero-order chi connectivity index (χ0) is 76.3. The molecule has 0 spiro atoms. The van der Waals surface area contributed by atoms with Gasteiger partial charge in [-0.15, -0.1) is 0 Å². The molecule has 4 aromatic carbocycles. The summed E-state index contributed by atoms with van der Waals surface area (Å²) in [6.45, 7) is 15.5. The summed E-state index contributed by atoms with van der Waals surface area (Å²) < 4.78 is 129. The summed E-state index contributed by atoms with van der Waals surface area (Å²) in [5.74, 6) is -1.44. The summed E-state index contributed by atoms with van der Waals surface area (Å²) >= 11 is 0. The van der Waals surface area contributed by atoms with E-state index in [1.807, 2.05) is 30.8 Å². The topological polar surface area (TPSA) is 432 Å². The van der Waals surface area contributed by atoms with Crippen LogP contribution in [-0.2, 0) is 87.4 Å². The molecule has 4 amide bonds. The first-order chi connectivity index (χ1) is 48.3. The van der Waals surface area contributed by atoms with Crippen molar-refractivity contribution < 1.29 is 86.2 Å². The molecule has 0 radical (unpaired) electrons. The predicted octanol–water partition coefficient (Wildman–Crippen LogP) is 4.97. The number of aromatic amines is 1. The van der Waals surface area contributed by atoms with Crippen LogP contribution >= 0.6 is 0 Å². The van der Waals surface area contributed by atoms with Crippen molar-refractivity contribution in [3.05, 3.63) is 156 Å². The van der Waals surface area contributed by atoms with Crippen LogP contribution in [0.2, 0.25) is 0 Å². The molecule has 5 heterocycles. The predicted molar refractivity (Wildman–Crippen MR) is 378 cm³/mol. The van der Waals surface area contributed by atoms with Gasteiger partial charge in [0.25, 0.3) is 33.0 Å². The van der Waals surface area contributed by atoms with Gasteiger partial charge in [-0.25, -0.2) is 48.9 Å². The minimum atomic E-state index is -4.60. The monoisotopic (exact) mass is 1510 g/mol. The third-order valence-electron chi connectivity index (χ3n) is 15.8. The van der Waals surface area contributed by atoms with Crippen molar-refractivity contribution in [3.8, 4) is 34.5 Å². The summed E-state index contributed by atoms with van der Waals surface area (Å²) in [4.78, 5) is 99.5. The second-order valence-electron chi connectivity index (χ2n) is 24.4. The fourth-order valence-electron chi connectivity index (χ4n) is 10.2. The van der Waals surface area contributed by atoms with Crippen molar-refractivity contribution in [2.24, 2.45) is 17.6 Å². The zero-order valence-corrected chi connectivity index (χ0v) is 62.3. The number of sulfonamides is 2. The normalized spacial score (nSPS) is 13.6. The van der Waals surface area contributed by atoms with Gasteiger partial charge in [0.05, 0.1) is 86.4 Å². The number of aromatic nitrogens is 6. The third-order valence-corrected chi connectivity index (χ3v) is 21.7. The molecule has 3 aromatic heterocycles. The van der Waals surface area contributed by atoms with Crippen molar-refractivity contribution in [2.45, 2.75) is 109 Å². The number of carbonyl (C=O) groups excluding carboxylic acids is 5. The molecule has 1 fully saturated rings. The summed E-state index contributed by atoms with van der Waals surface area (Å²) in [5.41, 5.74) is 5.58. The molecule has 0 unspecified atom stereocenters. The van der Waals surface area contributed by atoms with Crippen LogP contribution < -0.4 is 50.1 Å². The van der Waals surface area contributed by atoms with E-state index in [0.717, 1.165) is 55.7 Å². The average Bonchev–Trinajstić information content (AvgIpc) is 1.66. The maximum Gasteiger partial charge on any atom is 0.336 e. The molecule has 556 valence electrons. The van der Waals surface area contributed by atoms with Crippen LogP contribution in [0.4, 0.5) is 10.7 Å². The van der Waals surface area contributed by atoms with Gasteiger partial charge in [-0.1, -0.05) is 52.5 Å².